The third-order valence-electron chi connectivity index (χ3n) is 1.99. The molecule has 0 atom stereocenters. The number of unbranched alkanes of at least 4 members (excludes halogenated alkanes) is 4. The highest BCUT2D eigenvalue weighted by Crippen LogP contribution is 2.02. The van der Waals surface area contributed by atoms with Gasteiger partial charge >= 0.3 is 10.3 Å². The van der Waals surface area contributed by atoms with E-state index in [9.17, 15) is 8.42 Å². The second-order valence-electron chi connectivity index (χ2n) is 3.48. The van der Waals surface area contributed by atoms with Crippen molar-refractivity contribution in [1.82, 2.24) is 4.72 Å². The molecule has 5 heteroatoms. The van der Waals surface area contributed by atoms with Gasteiger partial charge in [0.05, 0.1) is 0 Å². The van der Waals surface area contributed by atoms with E-state index in [1.807, 2.05) is 10.8 Å². The lowest BCUT2D eigenvalue weighted by atomic mass is 10.1. The highest BCUT2D eigenvalue weighted by atomic mass is 32.2. The molecular formula is C10H21NO3S. The first-order chi connectivity index (χ1) is 7.06. The predicted molar refractivity (Wildman–Crippen MR) is 62.1 cm³/mol. The topological polar surface area (TPSA) is 66.4 Å². The molecule has 0 aromatic heterocycles. The Labute approximate surface area is 92.6 Å². The molecule has 0 bridgehead atoms. The molecule has 0 aromatic carbocycles. The Morgan fingerprint density at radius 3 is 2.40 bits per heavy atom. The average molecular weight is 235 g/mol. The van der Waals surface area contributed by atoms with Gasteiger partial charge in [0.1, 0.15) is 0 Å². The van der Waals surface area contributed by atoms with E-state index >= 15 is 0 Å². The zero-order valence-electron chi connectivity index (χ0n) is 9.28. The first-order valence-corrected chi connectivity index (χ1v) is 6.87. The maximum atomic E-state index is 10.3. The van der Waals surface area contributed by atoms with Crippen LogP contribution in [0, 0.1) is 0 Å². The average Bonchev–Trinajstić information content (AvgIpc) is 2.14. The molecule has 2 N–H and O–H groups in total. The van der Waals surface area contributed by atoms with E-state index in [1.165, 1.54) is 25.7 Å². The zero-order chi connectivity index (χ0) is 11.6. The van der Waals surface area contributed by atoms with Crippen LogP contribution in [0.3, 0.4) is 0 Å². The molecule has 0 saturated carbocycles. The predicted octanol–water partition coefficient (Wildman–Crippen LogP) is 2.30. The number of hydrogen-bond donors (Lipinski definition) is 2. The molecule has 15 heavy (non-hydrogen) atoms. The van der Waals surface area contributed by atoms with Crippen molar-refractivity contribution >= 4 is 10.3 Å². The van der Waals surface area contributed by atoms with Crippen molar-refractivity contribution in [3.63, 3.8) is 0 Å². The van der Waals surface area contributed by atoms with E-state index in [1.54, 1.807) is 0 Å². The van der Waals surface area contributed by atoms with Crippen molar-refractivity contribution in [3.8, 4) is 0 Å². The third kappa shape index (κ3) is 13.6. The van der Waals surface area contributed by atoms with Gasteiger partial charge in [0.2, 0.25) is 0 Å². The lowest BCUT2D eigenvalue weighted by Gasteiger charge is -1.97. The van der Waals surface area contributed by atoms with Crippen LogP contribution in [0.2, 0.25) is 0 Å². The Hall–Kier alpha value is -0.390. The fraction of sp³-hybridized carbons (Fsp3) is 0.800. The molecule has 0 heterocycles. The van der Waals surface area contributed by atoms with Gasteiger partial charge in [-0.1, -0.05) is 38.3 Å². The van der Waals surface area contributed by atoms with Crippen LogP contribution in [0.15, 0.2) is 12.2 Å². The van der Waals surface area contributed by atoms with Gasteiger partial charge in [0.25, 0.3) is 0 Å². The number of nitrogens with one attached hydrogen (secondary N) is 1. The summed E-state index contributed by atoms with van der Waals surface area (Å²) < 4.78 is 30.9. The van der Waals surface area contributed by atoms with Gasteiger partial charge in [0, 0.05) is 6.54 Å². The summed E-state index contributed by atoms with van der Waals surface area (Å²) >= 11 is 0. The van der Waals surface area contributed by atoms with E-state index in [2.05, 4.69) is 13.0 Å². The third-order valence-corrected chi connectivity index (χ3v) is 2.56. The van der Waals surface area contributed by atoms with Crippen molar-refractivity contribution in [2.45, 2.75) is 45.4 Å². The lowest BCUT2D eigenvalue weighted by molar-refractivity contribution is 0.468. The maximum Gasteiger partial charge on any atom is 0.333 e. The van der Waals surface area contributed by atoms with Crippen molar-refractivity contribution < 1.29 is 13.0 Å². The summed E-state index contributed by atoms with van der Waals surface area (Å²) in [6.07, 6.45) is 10.6. The van der Waals surface area contributed by atoms with Crippen molar-refractivity contribution in [3.05, 3.63) is 12.2 Å². The summed E-state index contributed by atoms with van der Waals surface area (Å²) in [6, 6.07) is 0. The molecule has 0 radical (unpaired) electrons. The van der Waals surface area contributed by atoms with Gasteiger partial charge in [-0.05, 0) is 19.3 Å². The lowest BCUT2D eigenvalue weighted by Crippen LogP contribution is -2.23. The summed E-state index contributed by atoms with van der Waals surface area (Å²) in [5.74, 6) is 0. The van der Waals surface area contributed by atoms with Crippen LogP contribution in [0.1, 0.15) is 45.4 Å². The van der Waals surface area contributed by atoms with Crippen LogP contribution in [0.5, 0.6) is 0 Å². The fourth-order valence-electron chi connectivity index (χ4n) is 1.20. The highest BCUT2D eigenvalue weighted by Gasteiger charge is 1.98. The number of hydrogen-bond acceptors (Lipinski definition) is 2. The monoisotopic (exact) mass is 235 g/mol. The SMILES string of the molecule is CCCCCCC=CCCNS(=O)(=O)O. The Morgan fingerprint density at radius 2 is 1.80 bits per heavy atom. The van der Waals surface area contributed by atoms with E-state index in [-0.39, 0.29) is 6.54 Å². The van der Waals surface area contributed by atoms with Gasteiger partial charge in [-0.25, -0.2) is 0 Å². The molecule has 0 rings (SSSR count). The highest BCUT2D eigenvalue weighted by molar-refractivity contribution is 7.83. The van der Waals surface area contributed by atoms with E-state index in [4.69, 9.17) is 4.55 Å². The summed E-state index contributed by atoms with van der Waals surface area (Å²) in [5, 5.41) is 0. The van der Waals surface area contributed by atoms with Crippen LogP contribution in [-0.4, -0.2) is 19.5 Å². The van der Waals surface area contributed by atoms with E-state index < -0.39 is 10.3 Å². The maximum absolute atomic E-state index is 10.3. The fourth-order valence-corrected chi connectivity index (χ4v) is 1.57. The minimum Gasteiger partial charge on any atom is -0.273 e. The molecular weight excluding hydrogens is 214 g/mol. The minimum atomic E-state index is -4.01. The van der Waals surface area contributed by atoms with Gasteiger partial charge in [-0.15, -0.1) is 0 Å². The number of rotatable bonds is 9. The first-order valence-electron chi connectivity index (χ1n) is 5.43. The zero-order valence-corrected chi connectivity index (χ0v) is 10.1. The van der Waals surface area contributed by atoms with E-state index in [0.717, 1.165) is 6.42 Å². The quantitative estimate of drug-likeness (QED) is 0.366. The molecule has 0 aromatic rings. The Bertz CT molecular complexity index is 260. The van der Waals surface area contributed by atoms with Crippen LogP contribution in [0.25, 0.3) is 0 Å². The minimum absolute atomic E-state index is 0.254. The molecule has 0 aliphatic rings. The Balaban J connectivity index is 3.25. The second kappa shape index (κ2) is 8.88. The molecule has 0 fully saturated rings. The molecule has 0 aliphatic carbocycles. The van der Waals surface area contributed by atoms with Crippen molar-refractivity contribution in [1.29, 1.82) is 0 Å². The summed E-state index contributed by atoms with van der Waals surface area (Å²) in [4.78, 5) is 0. The Morgan fingerprint density at radius 1 is 1.13 bits per heavy atom. The van der Waals surface area contributed by atoms with Crippen LogP contribution < -0.4 is 4.72 Å². The second-order valence-corrected chi connectivity index (χ2v) is 4.72. The molecule has 0 saturated heterocycles. The largest absolute Gasteiger partial charge is 0.333 e. The molecule has 0 aliphatic heterocycles. The van der Waals surface area contributed by atoms with Crippen molar-refractivity contribution in [2.24, 2.45) is 0 Å². The first kappa shape index (κ1) is 14.6. The van der Waals surface area contributed by atoms with Crippen LogP contribution >= 0.6 is 0 Å². The molecule has 4 nitrogen and oxygen atoms in total. The summed E-state index contributed by atoms with van der Waals surface area (Å²) in [6.45, 7) is 2.43. The summed E-state index contributed by atoms with van der Waals surface area (Å²) in [5.41, 5.74) is 0. The molecule has 0 spiro atoms. The van der Waals surface area contributed by atoms with Gasteiger partial charge in [-0.2, -0.15) is 13.1 Å². The van der Waals surface area contributed by atoms with Gasteiger partial charge in [0.15, 0.2) is 0 Å². The Kier molecular flexibility index (Phi) is 8.65. The smallest absolute Gasteiger partial charge is 0.273 e. The standard InChI is InChI=1S/C10H21NO3S/c1-2-3-4-5-6-7-8-9-10-11-15(12,13)14/h7-8,11H,2-6,9-10H2,1H3,(H,12,13,14). The summed E-state index contributed by atoms with van der Waals surface area (Å²) in [7, 11) is -4.01. The number of allylic oxidation sites excluding steroid dienone is 1. The molecule has 0 amide bonds. The van der Waals surface area contributed by atoms with E-state index in [0.29, 0.717) is 6.42 Å². The molecule has 0 unspecified atom stereocenters. The van der Waals surface area contributed by atoms with Gasteiger partial charge < -0.3 is 0 Å². The van der Waals surface area contributed by atoms with Crippen molar-refractivity contribution in [2.75, 3.05) is 6.54 Å². The van der Waals surface area contributed by atoms with Crippen LogP contribution in [-0.2, 0) is 10.3 Å². The molecule has 90 valence electrons. The van der Waals surface area contributed by atoms with Crippen LogP contribution in [0.4, 0.5) is 0 Å². The normalized spacial score (nSPS) is 12.4. The van der Waals surface area contributed by atoms with Gasteiger partial charge in [-0.3, -0.25) is 4.55 Å².